The van der Waals surface area contributed by atoms with Crippen LogP contribution in [-0.2, 0) is 19.1 Å². The van der Waals surface area contributed by atoms with Gasteiger partial charge < -0.3 is 9.47 Å². The fourth-order valence-electron chi connectivity index (χ4n) is 3.04. The van der Waals surface area contributed by atoms with E-state index in [1.165, 1.54) is 36.6 Å². The zero-order valence-corrected chi connectivity index (χ0v) is 25.4. The first-order chi connectivity index (χ1) is 18.7. The summed E-state index contributed by atoms with van der Waals surface area (Å²) in [4.78, 5) is 22.0. The number of rotatable bonds is 7. The number of carbonyl (C=O) groups is 2. The molecule has 10 heteroatoms. The van der Waals surface area contributed by atoms with E-state index in [1.54, 1.807) is 0 Å². The van der Waals surface area contributed by atoms with Gasteiger partial charge in [-0.1, -0.05) is 98.9 Å². The van der Waals surface area contributed by atoms with Crippen molar-refractivity contribution in [2.24, 2.45) is 11.8 Å². The molecular formula is C33H52F6O4. The normalized spacial score (nSPS) is 13.5. The Morgan fingerprint density at radius 1 is 0.698 bits per heavy atom. The highest BCUT2D eigenvalue weighted by Crippen LogP contribution is 2.36. The van der Waals surface area contributed by atoms with Gasteiger partial charge in [-0.05, 0) is 62.3 Å². The maximum atomic E-state index is 11.9. The van der Waals surface area contributed by atoms with Gasteiger partial charge in [0, 0.05) is 0 Å². The molecule has 0 aliphatic rings. The highest BCUT2D eigenvalue weighted by molar-refractivity contribution is 5.83. The molecule has 0 aromatic heterocycles. The first kappa shape index (κ1) is 44.7. The van der Waals surface area contributed by atoms with Crippen molar-refractivity contribution >= 4 is 22.7 Å². The lowest BCUT2D eigenvalue weighted by Gasteiger charge is -2.23. The molecular weight excluding hydrogens is 574 g/mol. The number of halogens is 6. The van der Waals surface area contributed by atoms with Crippen LogP contribution in [0.4, 0.5) is 26.3 Å². The molecule has 250 valence electrons. The Morgan fingerprint density at radius 2 is 1.14 bits per heavy atom. The maximum Gasteiger partial charge on any atom is 0.434 e. The fraction of sp³-hybridized carbons (Fsp3) is 0.636. The molecule has 0 fully saturated rings. The summed E-state index contributed by atoms with van der Waals surface area (Å²) >= 11 is 0. The number of fused-ring (bicyclic) bond motifs is 1. The lowest BCUT2D eigenvalue weighted by atomic mass is 9.96. The van der Waals surface area contributed by atoms with E-state index >= 15 is 0 Å². The Balaban J connectivity index is -0.000000554. The molecule has 2 aromatic rings. The van der Waals surface area contributed by atoms with E-state index in [-0.39, 0.29) is 38.8 Å². The third-order valence-electron chi connectivity index (χ3n) is 6.22. The number of alkyl halides is 6. The standard InChI is InChI=1S/C14H16.C9H18O2.C8H10F6O2.2CH4/c1-3-11(2)13-9-8-12-6-4-5-7-14(12)10-13;1-6-7(2)8(10)11-9(3,4)5;1-3-4(2)5(15)16-6(7(9,10)11)8(12,13)14;;/h4-11H,3H2,1-2H3;7H,6H2,1-5H3;4,6H,3H2,1-2H3;2*1H4. The summed E-state index contributed by atoms with van der Waals surface area (Å²) < 4.78 is 80.3. The van der Waals surface area contributed by atoms with Gasteiger partial charge in [-0.15, -0.1) is 0 Å². The van der Waals surface area contributed by atoms with Crippen molar-refractivity contribution in [1.29, 1.82) is 0 Å². The summed E-state index contributed by atoms with van der Waals surface area (Å²) in [7, 11) is 0. The van der Waals surface area contributed by atoms with Crippen LogP contribution in [0.1, 0.15) is 108 Å². The van der Waals surface area contributed by atoms with Gasteiger partial charge >= 0.3 is 24.3 Å². The van der Waals surface area contributed by atoms with Crippen LogP contribution >= 0.6 is 0 Å². The Bertz CT molecular complexity index is 1060. The van der Waals surface area contributed by atoms with Gasteiger partial charge in [-0.3, -0.25) is 9.59 Å². The Morgan fingerprint density at radius 3 is 1.53 bits per heavy atom. The van der Waals surface area contributed by atoms with Gasteiger partial charge in [0.2, 0.25) is 0 Å². The molecule has 0 bridgehead atoms. The minimum atomic E-state index is -5.65. The highest BCUT2D eigenvalue weighted by atomic mass is 19.4. The maximum absolute atomic E-state index is 11.9. The molecule has 43 heavy (non-hydrogen) atoms. The van der Waals surface area contributed by atoms with Crippen LogP contribution < -0.4 is 0 Å². The number of esters is 2. The van der Waals surface area contributed by atoms with Crippen molar-refractivity contribution in [1.82, 2.24) is 0 Å². The van der Waals surface area contributed by atoms with E-state index in [1.807, 2.05) is 34.6 Å². The van der Waals surface area contributed by atoms with Crippen molar-refractivity contribution < 1.29 is 45.4 Å². The minimum absolute atomic E-state index is 0. The topological polar surface area (TPSA) is 52.6 Å². The zero-order chi connectivity index (χ0) is 32.2. The molecule has 0 aliphatic carbocycles. The third kappa shape index (κ3) is 17.2. The molecule has 3 atom stereocenters. The Hall–Kier alpha value is -2.78. The van der Waals surface area contributed by atoms with Crippen molar-refractivity contribution in [2.75, 3.05) is 0 Å². The number of benzene rings is 2. The van der Waals surface area contributed by atoms with Crippen LogP contribution in [0, 0.1) is 11.8 Å². The number of carbonyl (C=O) groups excluding carboxylic acids is 2. The van der Waals surface area contributed by atoms with E-state index in [4.69, 9.17) is 4.74 Å². The van der Waals surface area contributed by atoms with Crippen molar-refractivity contribution in [3.8, 4) is 0 Å². The Kier molecular flexibility index (Phi) is 20.2. The number of ether oxygens (including phenoxy) is 2. The van der Waals surface area contributed by atoms with Crippen molar-refractivity contribution in [2.45, 2.75) is 126 Å². The summed E-state index contributed by atoms with van der Waals surface area (Å²) in [6.45, 7) is 16.7. The first-order valence-electron chi connectivity index (χ1n) is 13.7. The van der Waals surface area contributed by atoms with Crippen LogP contribution in [0.5, 0.6) is 0 Å². The summed E-state index contributed by atoms with van der Waals surface area (Å²) in [5.74, 6) is -1.93. The molecule has 0 amide bonds. The summed E-state index contributed by atoms with van der Waals surface area (Å²) in [5.41, 5.74) is 1.10. The molecule has 0 spiro atoms. The van der Waals surface area contributed by atoms with E-state index < -0.39 is 30.3 Å². The lowest BCUT2D eigenvalue weighted by molar-refractivity contribution is -0.314. The Labute approximate surface area is 254 Å². The summed E-state index contributed by atoms with van der Waals surface area (Å²) in [6.07, 6.45) is -13.2. The molecule has 2 aromatic carbocycles. The van der Waals surface area contributed by atoms with Gasteiger partial charge in [0.25, 0.3) is 6.10 Å². The van der Waals surface area contributed by atoms with Crippen LogP contribution in [0.15, 0.2) is 42.5 Å². The van der Waals surface area contributed by atoms with Crippen LogP contribution in [0.25, 0.3) is 10.8 Å². The van der Waals surface area contributed by atoms with E-state index in [9.17, 15) is 35.9 Å². The predicted molar refractivity (Wildman–Crippen MR) is 163 cm³/mol. The second kappa shape index (κ2) is 19.5. The summed E-state index contributed by atoms with van der Waals surface area (Å²) in [5, 5.41) is 2.69. The van der Waals surface area contributed by atoms with Gasteiger partial charge in [-0.2, -0.15) is 26.3 Å². The number of hydrogen-bond acceptors (Lipinski definition) is 4. The quantitative estimate of drug-likeness (QED) is 0.227. The fourth-order valence-corrected chi connectivity index (χ4v) is 3.04. The molecule has 3 unspecified atom stereocenters. The van der Waals surface area contributed by atoms with Crippen molar-refractivity contribution in [3.63, 3.8) is 0 Å². The van der Waals surface area contributed by atoms with Crippen molar-refractivity contribution in [3.05, 3.63) is 48.0 Å². The van der Waals surface area contributed by atoms with Gasteiger partial charge in [0.15, 0.2) is 0 Å². The lowest BCUT2D eigenvalue weighted by Crippen LogP contribution is -2.46. The molecule has 2 rings (SSSR count). The molecule has 0 saturated carbocycles. The largest absolute Gasteiger partial charge is 0.460 e. The monoisotopic (exact) mass is 626 g/mol. The minimum Gasteiger partial charge on any atom is -0.460 e. The van der Waals surface area contributed by atoms with Crippen LogP contribution in [0.3, 0.4) is 0 Å². The average Bonchev–Trinajstić information content (AvgIpc) is 2.88. The van der Waals surface area contributed by atoms with E-state index in [0.29, 0.717) is 5.92 Å². The van der Waals surface area contributed by atoms with Crippen LogP contribution in [0.2, 0.25) is 0 Å². The zero-order valence-electron chi connectivity index (χ0n) is 25.4. The van der Waals surface area contributed by atoms with Crippen LogP contribution in [-0.4, -0.2) is 36.0 Å². The number of hydrogen-bond donors (Lipinski definition) is 0. The predicted octanol–water partition coefficient (Wildman–Crippen LogP) is 11.1. The molecule has 0 aliphatic heterocycles. The third-order valence-corrected chi connectivity index (χ3v) is 6.22. The highest BCUT2D eigenvalue weighted by Gasteiger charge is 2.60. The van der Waals surface area contributed by atoms with Gasteiger partial charge in [0.1, 0.15) is 5.60 Å². The second-order valence-corrected chi connectivity index (χ2v) is 11.0. The molecule has 0 radical (unpaired) electrons. The molecule has 0 heterocycles. The van der Waals surface area contributed by atoms with Gasteiger partial charge in [-0.25, -0.2) is 0 Å². The SMILES string of the molecule is C.C.CCC(C)C(=O)OC(C(F)(F)F)C(F)(F)F.CCC(C)C(=O)OC(C)(C)C.CCC(C)c1ccc2ccccc2c1. The first-order valence-corrected chi connectivity index (χ1v) is 13.7. The smallest absolute Gasteiger partial charge is 0.434 e. The average molecular weight is 627 g/mol. The van der Waals surface area contributed by atoms with E-state index in [0.717, 1.165) is 6.42 Å². The van der Waals surface area contributed by atoms with E-state index in [2.05, 4.69) is 61.0 Å². The second-order valence-electron chi connectivity index (χ2n) is 11.0. The van der Waals surface area contributed by atoms with Gasteiger partial charge in [0.05, 0.1) is 11.8 Å². The molecule has 0 N–H and O–H groups in total. The summed E-state index contributed by atoms with van der Waals surface area (Å²) in [6, 6.07) is 15.3. The molecule has 0 saturated heterocycles. The molecule has 4 nitrogen and oxygen atoms in total.